The van der Waals surface area contributed by atoms with Crippen molar-refractivity contribution in [2.45, 2.75) is 0 Å². The Hall–Kier alpha value is -2.69. The van der Waals surface area contributed by atoms with E-state index in [1.165, 1.54) is 6.07 Å². The molecule has 0 saturated heterocycles. The molecule has 2 heterocycles. The maximum atomic E-state index is 10.9. The fourth-order valence-corrected chi connectivity index (χ4v) is 2.27. The summed E-state index contributed by atoms with van der Waals surface area (Å²) in [5, 5.41) is 19.4. The van der Waals surface area contributed by atoms with Crippen LogP contribution < -0.4 is 0 Å². The standard InChI is InChI=1S/C14H12N2O3/c1-16-7-10(9-6-8(17)2-5-13(9)16)11-3-4-12(15-11)14(18)19/h2-7,15,17H,1H3,(H,18,19). The van der Waals surface area contributed by atoms with E-state index in [2.05, 4.69) is 4.98 Å². The van der Waals surface area contributed by atoms with Gasteiger partial charge in [-0.1, -0.05) is 0 Å². The molecular formula is C14H12N2O3. The quantitative estimate of drug-likeness (QED) is 0.659. The Morgan fingerprint density at radius 2 is 2.05 bits per heavy atom. The molecule has 1 aromatic carbocycles. The van der Waals surface area contributed by atoms with Crippen LogP contribution >= 0.6 is 0 Å². The highest BCUT2D eigenvalue weighted by molar-refractivity contribution is 5.97. The monoisotopic (exact) mass is 256 g/mol. The highest BCUT2D eigenvalue weighted by Crippen LogP contribution is 2.31. The molecule has 96 valence electrons. The van der Waals surface area contributed by atoms with Gasteiger partial charge in [-0.15, -0.1) is 0 Å². The first kappa shape index (κ1) is 11.4. The number of benzene rings is 1. The minimum absolute atomic E-state index is 0.146. The van der Waals surface area contributed by atoms with E-state index < -0.39 is 5.97 Å². The minimum Gasteiger partial charge on any atom is -0.508 e. The number of fused-ring (bicyclic) bond motifs is 1. The summed E-state index contributed by atoms with van der Waals surface area (Å²) in [6.45, 7) is 0. The predicted molar refractivity (Wildman–Crippen MR) is 71.3 cm³/mol. The molecule has 0 amide bonds. The van der Waals surface area contributed by atoms with Crippen LogP contribution in [0.15, 0.2) is 36.5 Å². The normalized spacial score (nSPS) is 11.0. The highest BCUT2D eigenvalue weighted by Gasteiger charge is 2.12. The number of aromatic hydroxyl groups is 1. The van der Waals surface area contributed by atoms with Gasteiger partial charge in [0, 0.05) is 35.4 Å². The van der Waals surface area contributed by atoms with Gasteiger partial charge in [0.05, 0.1) is 0 Å². The van der Waals surface area contributed by atoms with Crippen molar-refractivity contribution in [2.75, 3.05) is 0 Å². The lowest BCUT2D eigenvalue weighted by Gasteiger charge is -1.97. The van der Waals surface area contributed by atoms with Crippen molar-refractivity contribution in [3.8, 4) is 17.0 Å². The van der Waals surface area contributed by atoms with Crippen molar-refractivity contribution in [3.05, 3.63) is 42.2 Å². The Morgan fingerprint density at radius 3 is 2.74 bits per heavy atom. The first-order valence-electron chi connectivity index (χ1n) is 5.77. The maximum Gasteiger partial charge on any atom is 0.352 e. The summed E-state index contributed by atoms with van der Waals surface area (Å²) in [6.07, 6.45) is 1.90. The largest absolute Gasteiger partial charge is 0.508 e. The summed E-state index contributed by atoms with van der Waals surface area (Å²) in [5.41, 5.74) is 2.70. The topological polar surface area (TPSA) is 78.2 Å². The summed E-state index contributed by atoms with van der Waals surface area (Å²) in [7, 11) is 1.91. The number of carboxylic acids is 1. The fraction of sp³-hybridized carbons (Fsp3) is 0.0714. The molecule has 0 fully saturated rings. The van der Waals surface area contributed by atoms with Crippen molar-refractivity contribution in [2.24, 2.45) is 7.05 Å². The van der Waals surface area contributed by atoms with Crippen molar-refractivity contribution in [1.82, 2.24) is 9.55 Å². The number of aromatic amines is 1. The molecule has 0 aliphatic heterocycles. The summed E-state index contributed by atoms with van der Waals surface area (Å²) in [4.78, 5) is 13.8. The SMILES string of the molecule is Cn1cc(-c2ccc(C(=O)O)[nH]2)c2cc(O)ccc21. The highest BCUT2D eigenvalue weighted by atomic mass is 16.4. The lowest BCUT2D eigenvalue weighted by Crippen LogP contribution is -1.95. The van der Waals surface area contributed by atoms with Gasteiger partial charge in [-0.05, 0) is 30.3 Å². The van der Waals surface area contributed by atoms with Crippen molar-refractivity contribution >= 4 is 16.9 Å². The van der Waals surface area contributed by atoms with Crippen LogP contribution in [0, 0.1) is 0 Å². The number of carbonyl (C=O) groups is 1. The second-order valence-electron chi connectivity index (χ2n) is 4.45. The Morgan fingerprint density at radius 1 is 1.26 bits per heavy atom. The van der Waals surface area contributed by atoms with Crippen LogP contribution in [0.4, 0.5) is 0 Å². The lowest BCUT2D eigenvalue weighted by atomic mass is 10.1. The Bertz CT molecular complexity index is 783. The predicted octanol–water partition coefficient (Wildman–Crippen LogP) is 2.58. The summed E-state index contributed by atoms with van der Waals surface area (Å²) in [5.74, 6) is -0.806. The van der Waals surface area contributed by atoms with Gasteiger partial charge in [-0.3, -0.25) is 0 Å². The third kappa shape index (κ3) is 1.76. The summed E-state index contributed by atoms with van der Waals surface area (Å²) >= 11 is 0. The van der Waals surface area contributed by atoms with E-state index in [-0.39, 0.29) is 11.4 Å². The van der Waals surface area contributed by atoms with E-state index in [9.17, 15) is 9.90 Å². The first-order valence-corrected chi connectivity index (χ1v) is 5.77. The molecule has 0 aliphatic carbocycles. The van der Waals surface area contributed by atoms with Gasteiger partial charge in [0.1, 0.15) is 11.4 Å². The molecule has 0 aliphatic rings. The van der Waals surface area contributed by atoms with E-state index >= 15 is 0 Å². The Labute approximate surface area is 108 Å². The number of hydrogen-bond acceptors (Lipinski definition) is 2. The van der Waals surface area contributed by atoms with Crippen LogP contribution in [0.3, 0.4) is 0 Å². The average Bonchev–Trinajstić information content (AvgIpc) is 2.94. The molecule has 0 saturated carbocycles. The number of rotatable bonds is 2. The number of phenols is 1. The number of aryl methyl sites for hydroxylation is 1. The number of nitrogens with one attached hydrogen (secondary N) is 1. The van der Waals surface area contributed by atoms with Crippen LogP contribution in [-0.2, 0) is 7.05 Å². The van der Waals surface area contributed by atoms with Crippen LogP contribution in [0.25, 0.3) is 22.2 Å². The minimum atomic E-state index is -0.991. The van der Waals surface area contributed by atoms with E-state index in [1.54, 1.807) is 18.2 Å². The zero-order valence-corrected chi connectivity index (χ0v) is 10.2. The second-order valence-corrected chi connectivity index (χ2v) is 4.45. The van der Waals surface area contributed by atoms with Crippen LogP contribution in [0.2, 0.25) is 0 Å². The first-order chi connectivity index (χ1) is 9.06. The Balaban J connectivity index is 2.23. The number of H-pyrrole nitrogens is 1. The van der Waals surface area contributed by atoms with Crippen molar-refractivity contribution in [1.29, 1.82) is 0 Å². The van der Waals surface area contributed by atoms with Crippen LogP contribution in [0.5, 0.6) is 5.75 Å². The fourth-order valence-electron chi connectivity index (χ4n) is 2.27. The van der Waals surface area contributed by atoms with Crippen molar-refractivity contribution in [3.63, 3.8) is 0 Å². The summed E-state index contributed by atoms with van der Waals surface area (Å²) < 4.78 is 1.94. The van der Waals surface area contributed by atoms with Gasteiger partial charge >= 0.3 is 5.97 Å². The zero-order chi connectivity index (χ0) is 13.6. The third-order valence-corrected chi connectivity index (χ3v) is 3.18. The maximum absolute atomic E-state index is 10.9. The molecule has 0 radical (unpaired) electrons. The zero-order valence-electron chi connectivity index (χ0n) is 10.2. The summed E-state index contributed by atoms with van der Waals surface area (Å²) in [6, 6.07) is 8.38. The smallest absolute Gasteiger partial charge is 0.352 e. The number of phenolic OH excluding ortho intramolecular Hbond substituents is 1. The molecule has 3 aromatic rings. The van der Waals surface area contributed by atoms with Gasteiger partial charge in [0.2, 0.25) is 0 Å². The van der Waals surface area contributed by atoms with Crippen LogP contribution in [-0.4, -0.2) is 25.7 Å². The average molecular weight is 256 g/mol. The number of nitrogens with zero attached hydrogens (tertiary/aromatic N) is 1. The molecule has 0 unspecified atom stereocenters. The van der Waals surface area contributed by atoms with Gasteiger partial charge in [-0.25, -0.2) is 4.79 Å². The lowest BCUT2D eigenvalue weighted by molar-refractivity contribution is 0.0691. The van der Waals surface area contributed by atoms with Gasteiger partial charge in [0.15, 0.2) is 0 Å². The number of aromatic carboxylic acids is 1. The number of hydrogen-bond donors (Lipinski definition) is 3. The van der Waals surface area contributed by atoms with Crippen molar-refractivity contribution < 1.29 is 15.0 Å². The molecule has 0 bridgehead atoms. The molecule has 5 nitrogen and oxygen atoms in total. The van der Waals surface area contributed by atoms with E-state index in [0.29, 0.717) is 5.69 Å². The van der Waals surface area contributed by atoms with Gasteiger partial charge in [0.25, 0.3) is 0 Å². The van der Waals surface area contributed by atoms with Gasteiger partial charge < -0.3 is 19.8 Å². The van der Waals surface area contributed by atoms with E-state index in [4.69, 9.17) is 5.11 Å². The molecule has 2 aromatic heterocycles. The molecule has 0 spiro atoms. The molecule has 19 heavy (non-hydrogen) atoms. The number of carboxylic acid groups (broad SMARTS) is 1. The Kier molecular flexibility index (Phi) is 2.35. The molecule has 5 heteroatoms. The second kappa shape index (κ2) is 3.91. The molecule has 0 atom stereocenters. The molecular weight excluding hydrogens is 244 g/mol. The van der Waals surface area contributed by atoms with E-state index in [0.717, 1.165) is 16.5 Å². The van der Waals surface area contributed by atoms with E-state index in [1.807, 2.05) is 23.9 Å². The van der Waals surface area contributed by atoms with Gasteiger partial charge in [-0.2, -0.15) is 0 Å². The third-order valence-electron chi connectivity index (χ3n) is 3.18. The number of aromatic nitrogens is 2. The molecule has 3 rings (SSSR count). The molecule has 3 N–H and O–H groups in total. The van der Waals surface area contributed by atoms with Crippen LogP contribution in [0.1, 0.15) is 10.5 Å².